The van der Waals surface area contributed by atoms with Gasteiger partial charge in [0.05, 0.1) is 6.54 Å². The number of nitrogens with one attached hydrogen (secondary N) is 1. The van der Waals surface area contributed by atoms with Gasteiger partial charge in [-0.15, -0.1) is 0 Å². The van der Waals surface area contributed by atoms with E-state index in [1.165, 1.54) is 19.3 Å². The molecular formula is C15H31N3O. The van der Waals surface area contributed by atoms with E-state index >= 15 is 0 Å². The van der Waals surface area contributed by atoms with Gasteiger partial charge in [0.2, 0.25) is 5.91 Å². The maximum Gasteiger partial charge on any atom is 0.236 e. The van der Waals surface area contributed by atoms with Crippen LogP contribution < -0.4 is 5.32 Å². The van der Waals surface area contributed by atoms with Crippen molar-refractivity contribution >= 4 is 5.91 Å². The van der Waals surface area contributed by atoms with Crippen LogP contribution >= 0.6 is 0 Å². The molecule has 1 rings (SSSR count). The molecule has 0 aromatic carbocycles. The largest absolute Gasteiger partial charge is 0.345 e. The molecule has 0 aromatic heterocycles. The number of likely N-dealkylation sites (tertiary alicyclic amines) is 1. The quantitative estimate of drug-likeness (QED) is 0.764. The molecule has 1 aliphatic rings. The van der Waals surface area contributed by atoms with Crippen molar-refractivity contribution in [1.82, 2.24) is 15.1 Å². The molecule has 0 radical (unpaired) electrons. The standard InChI is InChI=1S/C15H31N3O/c1-5-10-16-13(3)14-9-7-8-11-18(14)12-15(19)17(4)6-2/h13-14,16H,5-12H2,1-4H3. The van der Waals surface area contributed by atoms with E-state index in [1.54, 1.807) is 0 Å². The second-order valence-electron chi connectivity index (χ2n) is 5.68. The number of carbonyl (C=O) groups excluding carboxylic acids is 1. The highest BCUT2D eigenvalue weighted by atomic mass is 16.2. The number of piperidine rings is 1. The average Bonchev–Trinajstić information content (AvgIpc) is 2.44. The highest BCUT2D eigenvalue weighted by Gasteiger charge is 2.28. The first-order chi connectivity index (χ1) is 9.10. The van der Waals surface area contributed by atoms with Crippen molar-refractivity contribution in [3.8, 4) is 0 Å². The minimum atomic E-state index is 0.247. The number of likely N-dealkylation sites (N-methyl/N-ethyl adjacent to an activating group) is 1. The van der Waals surface area contributed by atoms with Crippen LogP contribution in [0.5, 0.6) is 0 Å². The third-order valence-electron chi connectivity index (χ3n) is 4.20. The molecular weight excluding hydrogens is 238 g/mol. The van der Waals surface area contributed by atoms with Gasteiger partial charge < -0.3 is 10.2 Å². The molecule has 4 heteroatoms. The highest BCUT2D eigenvalue weighted by Crippen LogP contribution is 2.19. The van der Waals surface area contributed by atoms with Crippen LogP contribution in [0.3, 0.4) is 0 Å². The summed E-state index contributed by atoms with van der Waals surface area (Å²) in [5.41, 5.74) is 0. The molecule has 0 aliphatic carbocycles. The molecule has 1 N–H and O–H groups in total. The first-order valence-electron chi connectivity index (χ1n) is 7.81. The van der Waals surface area contributed by atoms with Gasteiger partial charge >= 0.3 is 0 Å². The van der Waals surface area contributed by atoms with Crippen molar-refractivity contribution in [3.63, 3.8) is 0 Å². The SMILES string of the molecule is CCCNC(C)C1CCCCN1CC(=O)N(C)CC. The van der Waals surface area contributed by atoms with Gasteiger partial charge in [-0.3, -0.25) is 9.69 Å². The molecule has 4 nitrogen and oxygen atoms in total. The lowest BCUT2D eigenvalue weighted by Crippen LogP contribution is -2.53. The predicted octanol–water partition coefficient (Wildman–Crippen LogP) is 1.71. The Kier molecular flexibility index (Phi) is 7.39. The zero-order valence-corrected chi connectivity index (χ0v) is 13.1. The van der Waals surface area contributed by atoms with E-state index in [0.29, 0.717) is 18.6 Å². The van der Waals surface area contributed by atoms with Gasteiger partial charge in [-0.1, -0.05) is 13.3 Å². The van der Waals surface area contributed by atoms with Crippen molar-refractivity contribution < 1.29 is 4.79 Å². The number of amides is 1. The van der Waals surface area contributed by atoms with Crippen LogP contribution in [-0.2, 0) is 4.79 Å². The van der Waals surface area contributed by atoms with Gasteiger partial charge in [0.1, 0.15) is 0 Å². The third-order valence-corrected chi connectivity index (χ3v) is 4.20. The molecule has 1 saturated heterocycles. The molecule has 1 aliphatic heterocycles. The Morgan fingerprint density at radius 1 is 1.42 bits per heavy atom. The average molecular weight is 269 g/mol. The fourth-order valence-corrected chi connectivity index (χ4v) is 2.76. The molecule has 0 bridgehead atoms. The number of hydrogen-bond donors (Lipinski definition) is 1. The van der Waals surface area contributed by atoms with Gasteiger partial charge in [0.25, 0.3) is 0 Å². The fraction of sp³-hybridized carbons (Fsp3) is 0.933. The topological polar surface area (TPSA) is 35.6 Å². The van der Waals surface area contributed by atoms with Crippen LogP contribution in [-0.4, -0.2) is 61.0 Å². The summed E-state index contributed by atoms with van der Waals surface area (Å²) in [5.74, 6) is 0.247. The van der Waals surface area contributed by atoms with Gasteiger partial charge in [0.15, 0.2) is 0 Å². The van der Waals surface area contributed by atoms with E-state index in [4.69, 9.17) is 0 Å². The minimum absolute atomic E-state index is 0.247. The summed E-state index contributed by atoms with van der Waals surface area (Å²) < 4.78 is 0. The Hall–Kier alpha value is -0.610. The molecule has 0 saturated carbocycles. The molecule has 1 fully saturated rings. The summed E-state index contributed by atoms with van der Waals surface area (Å²) in [7, 11) is 1.89. The Morgan fingerprint density at radius 2 is 2.16 bits per heavy atom. The maximum atomic E-state index is 12.1. The molecule has 1 amide bonds. The predicted molar refractivity (Wildman–Crippen MR) is 80.3 cm³/mol. The number of hydrogen-bond acceptors (Lipinski definition) is 3. The zero-order valence-electron chi connectivity index (χ0n) is 13.1. The van der Waals surface area contributed by atoms with Crippen LogP contribution in [0.4, 0.5) is 0 Å². The minimum Gasteiger partial charge on any atom is -0.345 e. The van der Waals surface area contributed by atoms with E-state index in [2.05, 4.69) is 24.1 Å². The molecule has 112 valence electrons. The second-order valence-corrected chi connectivity index (χ2v) is 5.68. The monoisotopic (exact) mass is 269 g/mol. The molecule has 19 heavy (non-hydrogen) atoms. The van der Waals surface area contributed by atoms with Crippen molar-refractivity contribution in [2.24, 2.45) is 0 Å². The van der Waals surface area contributed by atoms with E-state index in [9.17, 15) is 4.79 Å². The van der Waals surface area contributed by atoms with Crippen molar-refractivity contribution in [3.05, 3.63) is 0 Å². The van der Waals surface area contributed by atoms with Gasteiger partial charge in [-0.05, 0) is 46.2 Å². The lowest BCUT2D eigenvalue weighted by Gasteiger charge is -2.39. The first kappa shape index (κ1) is 16.4. The van der Waals surface area contributed by atoms with E-state index < -0.39 is 0 Å². The van der Waals surface area contributed by atoms with E-state index in [-0.39, 0.29) is 5.91 Å². The molecule has 2 atom stereocenters. The maximum absolute atomic E-state index is 12.1. The van der Waals surface area contributed by atoms with E-state index in [1.807, 2.05) is 18.9 Å². The first-order valence-corrected chi connectivity index (χ1v) is 7.81. The Labute approximate surface area is 118 Å². The summed E-state index contributed by atoms with van der Waals surface area (Å²) in [6.07, 6.45) is 4.88. The smallest absolute Gasteiger partial charge is 0.236 e. The van der Waals surface area contributed by atoms with Crippen LogP contribution in [0.1, 0.15) is 46.5 Å². The number of nitrogens with zero attached hydrogens (tertiary/aromatic N) is 2. The van der Waals surface area contributed by atoms with E-state index in [0.717, 1.165) is 26.1 Å². The Bertz CT molecular complexity index is 270. The van der Waals surface area contributed by atoms with Crippen molar-refractivity contribution in [2.75, 3.05) is 33.2 Å². The van der Waals surface area contributed by atoms with Crippen LogP contribution in [0.2, 0.25) is 0 Å². The van der Waals surface area contributed by atoms with Crippen LogP contribution in [0, 0.1) is 0 Å². The molecule has 1 heterocycles. The van der Waals surface area contributed by atoms with Crippen LogP contribution in [0.15, 0.2) is 0 Å². The Balaban J connectivity index is 2.54. The number of rotatable bonds is 7. The fourth-order valence-electron chi connectivity index (χ4n) is 2.76. The molecule has 2 unspecified atom stereocenters. The summed E-state index contributed by atoms with van der Waals surface area (Å²) in [6.45, 7) is 9.97. The van der Waals surface area contributed by atoms with Gasteiger partial charge in [0, 0.05) is 25.7 Å². The van der Waals surface area contributed by atoms with Crippen LogP contribution in [0.25, 0.3) is 0 Å². The summed E-state index contributed by atoms with van der Waals surface area (Å²) >= 11 is 0. The Morgan fingerprint density at radius 3 is 2.79 bits per heavy atom. The van der Waals surface area contributed by atoms with Gasteiger partial charge in [-0.25, -0.2) is 0 Å². The number of carbonyl (C=O) groups is 1. The summed E-state index contributed by atoms with van der Waals surface area (Å²) in [4.78, 5) is 16.3. The lowest BCUT2D eigenvalue weighted by atomic mass is 9.96. The third kappa shape index (κ3) is 5.11. The molecule has 0 spiro atoms. The summed E-state index contributed by atoms with van der Waals surface area (Å²) in [5, 5.41) is 3.58. The summed E-state index contributed by atoms with van der Waals surface area (Å²) in [6, 6.07) is 0.981. The molecule has 0 aromatic rings. The zero-order chi connectivity index (χ0) is 14.3. The highest BCUT2D eigenvalue weighted by molar-refractivity contribution is 5.78. The van der Waals surface area contributed by atoms with Gasteiger partial charge in [-0.2, -0.15) is 0 Å². The lowest BCUT2D eigenvalue weighted by molar-refractivity contribution is -0.132. The van der Waals surface area contributed by atoms with Crippen molar-refractivity contribution in [1.29, 1.82) is 0 Å². The second kappa shape index (κ2) is 8.54. The normalized spacial score (nSPS) is 22.2. The van der Waals surface area contributed by atoms with Crippen molar-refractivity contribution in [2.45, 2.75) is 58.5 Å².